The maximum atomic E-state index is 5.79. The van der Waals surface area contributed by atoms with E-state index in [1.807, 2.05) is 28.9 Å². The van der Waals surface area contributed by atoms with E-state index in [2.05, 4.69) is 64.3 Å². The number of benzene rings is 2. The molecule has 0 unspecified atom stereocenters. The van der Waals surface area contributed by atoms with Crippen molar-refractivity contribution in [3.63, 3.8) is 0 Å². The SMILES string of the molecule is COc1ccc(OC)c([C@H](c2nnnn2C(C)(C)C)N2CCN(c3nc4ccccc4s3)CC2)c1. The number of thiazole rings is 1. The summed E-state index contributed by atoms with van der Waals surface area (Å²) in [6.45, 7) is 9.71. The van der Waals surface area contributed by atoms with E-state index >= 15 is 0 Å². The van der Waals surface area contributed by atoms with Crippen LogP contribution in [-0.2, 0) is 5.54 Å². The minimum atomic E-state index is -0.272. The molecule has 0 radical (unpaired) electrons. The Labute approximate surface area is 209 Å². The molecule has 0 amide bonds. The zero-order valence-corrected chi connectivity index (χ0v) is 21.6. The third-order valence-electron chi connectivity index (χ3n) is 6.34. The monoisotopic (exact) mass is 493 g/mol. The molecule has 2 aromatic heterocycles. The topological polar surface area (TPSA) is 81.4 Å². The second-order valence-electron chi connectivity index (χ2n) is 9.62. The zero-order valence-electron chi connectivity index (χ0n) is 20.8. The van der Waals surface area contributed by atoms with E-state index in [0.29, 0.717) is 0 Å². The molecule has 2 aromatic carbocycles. The summed E-state index contributed by atoms with van der Waals surface area (Å²) in [5, 5.41) is 14.0. The fourth-order valence-corrected chi connectivity index (χ4v) is 5.58. The van der Waals surface area contributed by atoms with Crippen molar-refractivity contribution in [3.05, 3.63) is 53.9 Å². The standard InChI is InChI=1S/C25H31N7O2S/c1-25(2,3)32-23(27-28-29-32)22(18-16-17(33-4)10-11-20(18)34-5)30-12-14-31(15-13-30)24-26-19-8-6-7-9-21(19)35-24/h6-11,16,22H,12-15H2,1-5H3/t22-/m1/s1. The third-order valence-corrected chi connectivity index (χ3v) is 7.43. The number of anilines is 1. The number of tetrazole rings is 1. The van der Waals surface area contributed by atoms with Crippen LogP contribution in [0.2, 0.25) is 0 Å². The quantitative estimate of drug-likeness (QED) is 0.399. The minimum Gasteiger partial charge on any atom is -0.497 e. The number of methoxy groups -OCH3 is 2. The first-order valence-corrected chi connectivity index (χ1v) is 12.6. The van der Waals surface area contributed by atoms with E-state index in [1.54, 1.807) is 25.6 Å². The van der Waals surface area contributed by atoms with Crippen LogP contribution in [0.1, 0.15) is 38.2 Å². The van der Waals surface area contributed by atoms with Crippen LogP contribution in [0.15, 0.2) is 42.5 Å². The summed E-state index contributed by atoms with van der Waals surface area (Å²) in [5.41, 5.74) is 1.77. The Kier molecular flexibility index (Phi) is 6.33. The molecule has 10 heteroatoms. The molecular formula is C25H31N7O2S. The molecule has 0 aliphatic carbocycles. The van der Waals surface area contributed by atoms with Crippen LogP contribution in [0, 0.1) is 0 Å². The third kappa shape index (κ3) is 4.55. The fourth-order valence-electron chi connectivity index (χ4n) is 4.56. The van der Waals surface area contributed by atoms with Gasteiger partial charge in [-0.15, -0.1) is 5.10 Å². The number of piperazine rings is 1. The molecule has 5 rings (SSSR count). The number of hydrogen-bond acceptors (Lipinski definition) is 9. The molecule has 1 aliphatic heterocycles. The van der Waals surface area contributed by atoms with Gasteiger partial charge in [0.1, 0.15) is 17.5 Å². The van der Waals surface area contributed by atoms with Crippen LogP contribution in [0.25, 0.3) is 10.2 Å². The molecule has 184 valence electrons. The first-order valence-electron chi connectivity index (χ1n) is 11.7. The summed E-state index contributed by atoms with van der Waals surface area (Å²) < 4.78 is 14.5. The van der Waals surface area contributed by atoms with E-state index in [-0.39, 0.29) is 11.6 Å². The van der Waals surface area contributed by atoms with Crippen LogP contribution in [-0.4, -0.2) is 70.5 Å². The summed E-state index contributed by atoms with van der Waals surface area (Å²) in [7, 11) is 3.37. The van der Waals surface area contributed by atoms with Gasteiger partial charge in [-0.3, -0.25) is 4.90 Å². The van der Waals surface area contributed by atoms with Gasteiger partial charge >= 0.3 is 0 Å². The number of para-hydroxylation sites is 1. The number of rotatable bonds is 6. The second kappa shape index (κ2) is 9.43. The predicted molar refractivity (Wildman–Crippen MR) is 138 cm³/mol. The Morgan fingerprint density at radius 2 is 1.74 bits per heavy atom. The summed E-state index contributed by atoms with van der Waals surface area (Å²) in [6.07, 6.45) is 0. The normalized spacial score (nSPS) is 16.0. The highest BCUT2D eigenvalue weighted by molar-refractivity contribution is 7.22. The van der Waals surface area contributed by atoms with Gasteiger partial charge in [0.15, 0.2) is 11.0 Å². The van der Waals surface area contributed by atoms with E-state index in [4.69, 9.17) is 14.5 Å². The Balaban J connectivity index is 1.49. The number of hydrogen-bond donors (Lipinski definition) is 0. The summed E-state index contributed by atoms with van der Waals surface area (Å²) in [5.74, 6) is 2.35. The lowest BCUT2D eigenvalue weighted by Crippen LogP contribution is -2.48. The van der Waals surface area contributed by atoms with E-state index in [0.717, 1.165) is 59.7 Å². The smallest absolute Gasteiger partial charge is 0.186 e. The number of ether oxygens (including phenoxy) is 2. The summed E-state index contributed by atoms with van der Waals surface area (Å²) in [6, 6.07) is 14.0. The van der Waals surface area contributed by atoms with Crippen molar-refractivity contribution in [2.75, 3.05) is 45.3 Å². The Morgan fingerprint density at radius 1 is 0.971 bits per heavy atom. The van der Waals surface area contributed by atoms with Crippen molar-refractivity contribution in [1.29, 1.82) is 0 Å². The Bertz CT molecular complexity index is 1270. The van der Waals surface area contributed by atoms with Gasteiger partial charge in [-0.05, 0) is 61.5 Å². The van der Waals surface area contributed by atoms with Gasteiger partial charge in [0.2, 0.25) is 0 Å². The van der Waals surface area contributed by atoms with Crippen molar-refractivity contribution < 1.29 is 9.47 Å². The Morgan fingerprint density at radius 3 is 2.43 bits per heavy atom. The van der Waals surface area contributed by atoms with E-state index in [1.165, 1.54) is 4.70 Å². The van der Waals surface area contributed by atoms with Gasteiger partial charge in [-0.1, -0.05) is 23.5 Å². The minimum absolute atomic E-state index is 0.188. The molecule has 3 heterocycles. The van der Waals surface area contributed by atoms with Gasteiger partial charge in [-0.25, -0.2) is 9.67 Å². The first-order chi connectivity index (χ1) is 16.9. The number of fused-ring (bicyclic) bond motifs is 1. The molecule has 4 aromatic rings. The molecule has 1 fully saturated rings. The lowest BCUT2D eigenvalue weighted by molar-refractivity contribution is 0.188. The molecule has 0 spiro atoms. The van der Waals surface area contributed by atoms with Crippen molar-refractivity contribution in [2.24, 2.45) is 0 Å². The van der Waals surface area contributed by atoms with Crippen molar-refractivity contribution in [1.82, 2.24) is 30.1 Å². The van der Waals surface area contributed by atoms with E-state index < -0.39 is 0 Å². The molecule has 1 saturated heterocycles. The van der Waals surface area contributed by atoms with Gasteiger partial charge < -0.3 is 14.4 Å². The lowest BCUT2D eigenvalue weighted by Gasteiger charge is -2.39. The average molecular weight is 494 g/mol. The van der Waals surface area contributed by atoms with Gasteiger partial charge in [0.05, 0.1) is 30.0 Å². The highest BCUT2D eigenvalue weighted by Crippen LogP contribution is 2.38. The van der Waals surface area contributed by atoms with Crippen LogP contribution < -0.4 is 14.4 Å². The molecule has 1 aliphatic rings. The zero-order chi connectivity index (χ0) is 24.6. The van der Waals surface area contributed by atoms with Gasteiger partial charge in [0.25, 0.3) is 0 Å². The number of nitrogens with zero attached hydrogens (tertiary/aromatic N) is 7. The first kappa shape index (κ1) is 23.5. The molecule has 0 N–H and O–H groups in total. The lowest BCUT2D eigenvalue weighted by atomic mass is 10.00. The fraction of sp³-hybridized carbons (Fsp3) is 0.440. The molecule has 9 nitrogen and oxygen atoms in total. The van der Waals surface area contributed by atoms with Crippen molar-refractivity contribution in [3.8, 4) is 11.5 Å². The maximum Gasteiger partial charge on any atom is 0.186 e. The predicted octanol–water partition coefficient (Wildman–Crippen LogP) is 3.97. The number of aromatic nitrogens is 5. The van der Waals surface area contributed by atoms with Crippen molar-refractivity contribution in [2.45, 2.75) is 32.4 Å². The summed E-state index contributed by atoms with van der Waals surface area (Å²) in [4.78, 5) is 9.66. The van der Waals surface area contributed by atoms with Gasteiger partial charge in [-0.2, -0.15) is 0 Å². The average Bonchev–Trinajstić information content (AvgIpc) is 3.52. The van der Waals surface area contributed by atoms with E-state index in [9.17, 15) is 0 Å². The molecule has 35 heavy (non-hydrogen) atoms. The molecular weight excluding hydrogens is 462 g/mol. The van der Waals surface area contributed by atoms with Crippen molar-refractivity contribution >= 4 is 26.7 Å². The van der Waals surface area contributed by atoms with Crippen LogP contribution >= 0.6 is 11.3 Å². The molecule has 0 bridgehead atoms. The van der Waals surface area contributed by atoms with Crippen LogP contribution in [0.4, 0.5) is 5.13 Å². The summed E-state index contributed by atoms with van der Waals surface area (Å²) >= 11 is 1.75. The Hall–Kier alpha value is -3.24. The van der Waals surface area contributed by atoms with Gasteiger partial charge in [0, 0.05) is 31.7 Å². The van der Waals surface area contributed by atoms with Crippen LogP contribution in [0.3, 0.4) is 0 Å². The largest absolute Gasteiger partial charge is 0.497 e. The highest BCUT2D eigenvalue weighted by atomic mass is 32.1. The van der Waals surface area contributed by atoms with Crippen LogP contribution in [0.5, 0.6) is 11.5 Å². The molecule has 1 atom stereocenters. The second-order valence-corrected chi connectivity index (χ2v) is 10.6. The molecule has 0 saturated carbocycles. The highest BCUT2D eigenvalue weighted by Gasteiger charge is 2.35. The maximum absolute atomic E-state index is 5.79.